The molecule has 2 aromatic carbocycles. The van der Waals surface area contributed by atoms with Gasteiger partial charge in [-0.15, -0.1) is 0 Å². The predicted molar refractivity (Wildman–Crippen MR) is 99.9 cm³/mol. The van der Waals surface area contributed by atoms with Crippen molar-refractivity contribution in [2.45, 2.75) is 19.0 Å². The Bertz CT molecular complexity index is 744. The molecular formula is C18H17IN2O3. The Balaban J connectivity index is 1.66. The summed E-state index contributed by atoms with van der Waals surface area (Å²) in [6, 6.07) is 14.5. The molecule has 0 aliphatic carbocycles. The van der Waals surface area contributed by atoms with Crippen molar-refractivity contribution in [3.63, 3.8) is 0 Å². The number of hydrogen-bond donors (Lipinski definition) is 1. The van der Waals surface area contributed by atoms with Crippen LogP contribution in [-0.4, -0.2) is 25.0 Å². The lowest BCUT2D eigenvalue weighted by molar-refractivity contribution is -0.121. The summed E-state index contributed by atoms with van der Waals surface area (Å²) in [6.45, 7) is 0.522. The van der Waals surface area contributed by atoms with Gasteiger partial charge in [-0.3, -0.25) is 9.59 Å². The Morgan fingerprint density at radius 3 is 2.42 bits per heavy atom. The topological polar surface area (TPSA) is 58.6 Å². The van der Waals surface area contributed by atoms with Gasteiger partial charge in [0.25, 0.3) is 5.91 Å². The molecular weight excluding hydrogens is 419 g/mol. The highest BCUT2D eigenvalue weighted by molar-refractivity contribution is 14.1. The van der Waals surface area contributed by atoms with E-state index in [9.17, 15) is 9.59 Å². The van der Waals surface area contributed by atoms with Gasteiger partial charge in [0.1, 0.15) is 5.75 Å². The summed E-state index contributed by atoms with van der Waals surface area (Å²) in [5, 5.41) is 3.17. The Hall–Kier alpha value is -1.93. The van der Waals surface area contributed by atoms with E-state index in [4.69, 9.17) is 4.74 Å². The van der Waals surface area contributed by atoms with Crippen LogP contribution in [0, 0.1) is 3.57 Å². The summed E-state index contributed by atoms with van der Waals surface area (Å²) in [5.74, 6) is 0.416. The number of anilines is 1. The normalized spacial score (nSPS) is 17.4. The van der Waals surface area contributed by atoms with E-state index in [0.717, 1.165) is 14.9 Å². The van der Waals surface area contributed by atoms with Crippen molar-refractivity contribution in [3.8, 4) is 5.75 Å². The molecule has 3 rings (SSSR count). The zero-order chi connectivity index (χ0) is 17.1. The molecule has 1 aliphatic heterocycles. The summed E-state index contributed by atoms with van der Waals surface area (Å²) in [5.41, 5.74) is 1.66. The molecule has 1 aliphatic rings. The van der Waals surface area contributed by atoms with Crippen molar-refractivity contribution in [3.05, 3.63) is 57.7 Å². The van der Waals surface area contributed by atoms with Gasteiger partial charge in [-0.05, 0) is 64.6 Å². The summed E-state index contributed by atoms with van der Waals surface area (Å²) < 4.78 is 6.18. The monoisotopic (exact) mass is 436 g/mol. The fraction of sp³-hybridized carbons (Fsp3) is 0.222. The molecule has 0 radical (unpaired) electrons. The molecule has 2 aromatic rings. The highest BCUT2D eigenvalue weighted by Gasteiger charge is 2.39. The van der Waals surface area contributed by atoms with Crippen LogP contribution >= 0.6 is 22.6 Å². The maximum atomic E-state index is 12.5. The number of methoxy groups -OCH3 is 1. The van der Waals surface area contributed by atoms with E-state index < -0.39 is 6.04 Å². The largest absolute Gasteiger partial charge is 0.497 e. The van der Waals surface area contributed by atoms with Crippen LogP contribution in [-0.2, 0) is 16.1 Å². The molecule has 1 heterocycles. The van der Waals surface area contributed by atoms with Gasteiger partial charge in [0, 0.05) is 10.1 Å². The minimum atomic E-state index is -0.487. The van der Waals surface area contributed by atoms with E-state index in [-0.39, 0.29) is 18.2 Å². The quantitative estimate of drug-likeness (QED) is 0.579. The van der Waals surface area contributed by atoms with Crippen molar-refractivity contribution in [2.75, 3.05) is 12.0 Å². The molecule has 0 bridgehead atoms. The molecule has 1 N–H and O–H groups in total. The smallest absolute Gasteiger partial charge is 0.251 e. The Labute approximate surface area is 154 Å². The lowest BCUT2D eigenvalue weighted by Gasteiger charge is -2.15. The third kappa shape index (κ3) is 3.59. The Kier molecular flexibility index (Phi) is 5.15. The van der Waals surface area contributed by atoms with Crippen LogP contribution in [0.15, 0.2) is 48.5 Å². The zero-order valence-corrected chi connectivity index (χ0v) is 15.3. The van der Waals surface area contributed by atoms with Gasteiger partial charge >= 0.3 is 0 Å². The number of hydrogen-bond acceptors (Lipinski definition) is 4. The standard InChI is InChI=1S/C18H17IN2O3/c1-24-15-8-2-12(3-9-15)11-20-16-10-17(22)21(18(16)23)14-6-4-13(19)5-7-14/h2-9,16,20H,10-11H2,1H3/t16-/m1/s1. The van der Waals surface area contributed by atoms with Crippen LogP contribution in [0.2, 0.25) is 0 Å². The van der Waals surface area contributed by atoms with Crippen molar-refractivity contribution >= 4 is 40.1 Å². The number of halogens is 1. The first kappa shape index (κ1) is 16.9. The second-order valence-corrected chi connectivity index (χ2v) is 6.78. The van der Waals surface area contributed by atoms with Crippen LogP contribution in [0.25, 0.3) is 0 Å². The SMILES string of the molecule is COc1ccc(CN[C@@H]2CC(=O)N(c3ccc(I)cc3)C2=O)cc1. The molecule has 0 spiro atoms. The van der Waals surface area contributed by atoms with Crippen molar-refractivity contribution in [2.24, 2.45) is 0 Å². The minimum Gasteiger partial charge on any atom is -0.497 e. The fourth-order valence-corrected chi connectivity index (χ4v) is 3.00. The van der Waals surface area contributed by atoms with Gasteiger partial charge in [-0.25, -0.2) is 4.90 Å². The van der Waals surface area contributed by atoms with E-state index in [1.165, 1.54) is 4.90 Å². The van der Waals surface area contributed by atoms with Crippen molar-refractivity contribution < 1.29 is 14.3 Å². The molecule has 0 aromatic heterocycles. The second-order valence-electron chi connectivity index (χ2n) is 5.53. The third-order valence-corrected chi connectivity index (χ3v) is 4.66. The average molecular weight is 436 g/mol. The van der Waals surface area contributed by atoms with E-state index in [1.54, 1.807) is 19.2 Å². The summed E-state index contributed by atoms with van der Waals surface area (Å²) in [4.78, 5) is 26.0. The number of ether oxygens (including phenoxy) is 1. The van der Waals surface area contributed by atoms with Crippen LogP contribution in [0.5, 0.6) is 5.75 Å². The number of imide groups is 1. The maximum absolute atomic E-state index is 12.5. The first-order chi connectivity index (χ1) is 11.6. The molecule has 2 amide bonds. The molecule has 5 nitrogen and oxygen atoms in total. The highest BCUT2D eigenvalue weighted by atomic mass is 127. The molecule has 1 atom stereocenters. The van der Waals surface area contributed by atoms with Gasteiger partial charge < -0.3 is 10.1 Å². The van der Waals surface area contributed by atoms with Crippen molar-refractivity contribution in [1.82, 2.24) is 5.32 Å². The van der Waals surface area contributed by atoms with Gasteiger partial charge in [0.2, 0.25) is 5.91 Å². The third-order valence-electron chi connectivity index (χ3n) is 3.94. The van der Waals surface area contributed by atoms with E-state index in [0.29, 0.717) is 12.2 Å². The van der Waals surface area contributed by atoms with Crippen molar-refractivity contribution in [1.29, 1.82) is 0 Å². The molecule has 0 saturated carbocycles. The number of nitrogens with one attached hydrogen (secondary N) is 1. The van der Waals surface area contributed by atoms with Gasteiger partial charge in [0.15, 0.2) is 0 Å². The first-order valence-corrected chi connectivity index (χ1v) is 8.65. The molecule has 24 heavy (non-hydrogen) atoms. The predicted octanol–water partition coefficient (Wildman–Crippen LogP) is 2.72. The average Bonchev–Trinajstić information content (AvgIpc) is 2.88. The van der Waals surface area contributed by atoms with Crippen LogP contribution < -0.4 is 15.0 Å². The minimum absolute atomic E-state index is 0.173. The molecule has 1 fully saturated rings. The lowest BCUT2D eigenvalue weighted by Crippen LogP contribution is -2.38. The number of carbonyl (C=O) groups is 2. The Morgan fingerprint density at radius 2 is 1.79 bits per heavy atom. The molecule has 6 heteroatoms. The summed E-state index contributed by atoms with van der Waals surface area (Å²) in [7, 11) is 1.62. The maximum Gasteiger partial charge on any atom is 0.251 e. The molecule has 124 valence electrons. The van der Waals surface area contributed by atoms with E-state index in [1.807, 2.05) is 36.4 Å². The van der Waals surface area contributed by atoms with Gasteiger partial charge in [-0.1, -0.05) is 12.1 Å². The number of benzene rings is 2. The number of rotatable bonds is 5. The summed E-state index contributed by atoms with van der Waals surface area (Å²) >= 11 is 2.19. The molecule has 1 saturated heterocycles. The van der Waals surface area contributed by atoms with Crippen LogP contribution in [0.1, 0.15) is 12.0 Å². The highest BCUT2D eigenvalue weighted by Crippen LogP contribution is 2.24. The van der Waals surface area contributed by atoms with E-state index >= 15 is 0 Å². The van der Waals surface area contributed by atoms with E-state index in [2.05, 4.69) is 27.9 Å². The first-order valence-electron chi connectivity index (χ1n) is 7.57. The number of amides is 2. The second kappa shape index (κ2) is 7.31. The molecule has 0 unspecified atom stereocenters. The van der Waals surface area contributed by atoms with Gasteiger partial charge in [0.05, 0.1) is 25.3 Å². The number of nitrogens with zero attached hydrogens (tertiary/aromatic N) is 1. The number of carbonyl (C=O) groups excluding carboxylic acids is 2. The van der Waals surface area contributed by atoms with Crippen LogP contribution in [0.4, 0.5) is 5.69 Å². The zero-order valence-electron chi connectivity index (χ0n) is 13.2. The summed E-state index contributed by atoms with van der Waals surface area (Å²) in [6.07, 6.45) is 0.182. The Morgan fingerprint density at radius 1 is 1.12 bits per heavy atom. The fourth-order valence-electron chi connectivity index (χ4n) is 2.64. The lowest BCUT2D eigenvalue weighted by atomic mass is 10.2. The van der Waals surface area contributed by atoms with Gasteiger partial charge in [-0.2, -0.15) is 0 Å². The van der Waals surface area contributed by atoms with Crippen LogP contribution in [0.3, 0.4) is 0 Å².